The molecule has 0 unspecified atom stereocenters. The van der Waals surface area contributed by atoms with Crippen LogP contribution in [0.2, 0.25) is 0 Å². The van der Waals surface area contributed by atoms with Gasteiger partial charge in [0.1, 0.15) is 5.54 Å². The van der Waals surface area contributed by atoms with Crippen LogP contribution >= 0.6 is 12.2 Å². The summed E-state index contributed by atoms with van der Waals surface area (Å²) in [6.45, 7) is 3.64. The van der Waals surface area contributed by atoms with Gasteiger partial charge in [-0.25, -0.2) is 0 Å². The molecule has 1 N–H and O–H groups in total. The van der Waals surface area contributed by atoms with E-state index < -0.39 is 34.7 Å². The van der Waals surface area contributed by atoms with Gasteiger partial charge in [-0.05, 0) is 57.1 Å². The Morgan fingerprint density at radius 3 is 2.48 bits per heavy atom. The molecule has 1 aliphatic rings. The summed E-state index contributed by atoms with van der Waals surface area (Å²) in [7, 11) is 0. The molecule has 2 rings (SSSR count). The molecule has 0 atom stereocenters. The van der Waals surface area contributed by atoms with Crippen molar-refractivity contribution in [3.8, 4) is 6.07 Å². The number of alkyl halides is 3. The third-order valence-electron chi connectivity index (χ3n) is 4.78. The van der Waals surface area contributed by atoms with Crippen LogP contribution in [0.15, 0.2) is 18.2 Å². The first-order valence-corrected chi connectivity index (χ1v) is 9.31. The van der Waals surface area contributed by atoms with E-state index in [0.29, 0.717) is 25.8 Å². The Labute approximate surface area is 171 Å². The standard InChI is InChI=1S/C19H20F3N3O3S/c1-18(2)16(28)25(17(29)24(18)9-5-3-4-6-15(26)27)13-8-7-12(11-23)14(10-13)19(20,21)22/h7-8,10H,3-6,9H2,1-2H3,(H,26,27). The Morgan fingerprint density at radius 1 is 1.28 bits per heavy atom. The van der Waals surface area contributed by atoms with E-state index in [-0.39, 0.29) is 17.2 Å². The highest BCUT2D eigenvalue weighted by atomic mass is 32.1. The number of nitrogens with zero attached hydrogens (tertiary/aromatic N) is 3. The fraction of sp³-hybridized carbons (Fsp3) is 0.474. The molecule has 0 aliphatic carbocycles. The van der Waals surface area contributed by atoms with Crippen molar-refractivity contribution in [1.29, 1.82) is 5.26 Å². The van der Waals surface area contributed by atoms with E-state index in [1.54, 1.807) is 18.7 Å². The first kappa shape index (κ1) is 22.6. The van der Waals surface area contributed by atoms with Crippen molar-refractivity contribution < 1.29 is 27.9 Å². The number of halogens is 3. The van der Waals surface area contributed by atoms with Crippen LogP contribution in [0.25, 0.3) is 0 Å². The maximum atomic E-state index is 13.3. The van der Waals surface area contributed by atoms with Gasteiger partial charge < -0.3 is 10.0 Å². The number of benzene rings is 1. The van der Waals surface area contributed by atoms with E-state index in [0.717, 1.165) is 17.0 Å². The third-order valence-corrected chi connectivity index (χ3v) is 5.19. The highest BCUT2D eigenvalue weighted by Crippen LogP contribution is 2.37. The van der Waals surface area contributed by atoms with Crippen LogP contribution in [0.5, 0.6) is 0 Å². The van der Waals surface area contributed by atoms with Gasteiger partial charge in [-0.2, -0.15) is 18.4 Å². The predicted octanol–water partition coefficient (Wildman–Crippen LogP) is 3.93. The molecule has 0 bridgehead atoms. The smallest absolute Gasteiger partial charge is 0.417 e. The number of rotatable bonds is 7. The topological polar surface area (TPSA) is 84.6 Å². The minimum atomic E-state index is -4.75. The van der Waals surface area contributed by atoms with Gasteiger partial charge in [0.25, 0.3) is 5.91 Å². The van der Waals surface area contributed by atoms with Gasteiger partial charge in [-0.3, -0.25) is 14.5 Å². The van der Waals surface area contributed by atoms with Gasteiger partial charge in [0.2, 0.25) is 0 Å². The molecule has 0 aromatic heterocycles. The third kappa shape index (κ3) is 4.67. The van der Waals surface area contributed by atoms with Crippen molar-refractivity contribution in [2.45, 2.75) is 51.2 Å². The quantitative estimate of drug-likeness (QED) is 0.524. The molecular weight excluding hydrogens is 407 g/mol. The van der Waals surface area contributed by atoms with Crippen LogP contribution in [0.4, 0.5) is 18.9 Å². The van der Waals surface area contributed by atoms with E-state index in [1.165, 1.54) is 12.1 Å². The van der Waals surface area contributed by atoms with Gasteiger partial charge in [-0.1, -0.05) is 6.42 Å². The Balaban J connectivity index is 2.27. The number of thiocarbonyl (C=S) groups is 1. The maximum absolute atomic E-state index is 13.3. The average molecular weight is 427 g/mol. The van der Waals surface area contributed by atoms with E-state index in [9.17, 15) is 22.8 Å². The molecule has 1 amide bonds. The Kier molecular flexibility index (Phi) is 6.53. The molecular formula is C19H20F3N3O3S. The Bertz CT molecular complexity index is 878. The fourth-order valence-corrected chi connectivity index (χ4v) is 3.67. The molecule has 0 radical (unpaired) electrons. The van der Waals surface area contributed by atoms with Gasteiger partial charge in [0.15, 0.2) is 5.11 Å². The summed E-state index contributed by atoms with van der Waals surface area (Å²) in [5.41, 5.74) is -2.77. The first-order valence-electron chi connectivity index (χ1n) is 8.90. The number of hydrogen-bond acceptors (Lipinski definition) is 4. The van der Waals surface area contributed by atoms with Crippen molar-refractivity contribution in [1.82, 2.24) is 4.90 Å². The summed E-state index contributed by atoms with van der Waals surface area (Å²) in [6, 6.07) is 4.56. The number of unbranched alkanes of at least 4 members (excludes halogenated alkanes) is 2. The molecule has 1 aliphatic heterocycles. The molecule has 0 saturated carbocycles. The molecule has 29 heavy (non-hydrogen) atoms. The van der Waals surface area contributed by atoms with Crippen molar-refractivity contribution in [3.05, 3.63) is 29.3 Å². The average Bonchev–Trinajstić information content (AvgIpc) is 2.79. The van der Waals surface area contributed by atoms with Gasteiger partial charge in [-0.15, -0.1) is 0 Å². The summed E-state index contributed by atoms with van der Waals surface area (Å²) < 4.78 is 39.8. The van der Waals surface area contributed by atoms with E-state index in [4.69, 9.17) is 22.6 Å². The van der Waals surface area contributed by atoms with Crippen LogP contribution in [-0.4, -0.2) is 39.1 Å². The lowest BCUT2D eigenvalue weighted by Gasteiger charge is -2.29. The zero-order chi connectivity index (χ0) is 22.0. The summed E-state index contributed by atoms with van der Waals surface area (Å²) in [4.78, 5) is 26.2. The second kappa shape index (κ2) is 8.37. The molecule has 1 aromatic rings. The maximum Gasteiger partial charge on any atom is 0.417 e. The second-order valence-electron chi connectivity index (χ2n) is 7.18. The van der Waals surface area contributed by atoms with Gasteiger partial charge in [0, 0.05) is 13.0 Å². The first-order chi connectivity index (χ1) is 13.4. The summed E-state index contributed by atoms with van der Waals surface area (Å²) in [6.07, 6.45) is -3.02. The number of amides is 1. The predicted molar refractivity (Wildman–Crippen MR) is 103 cm³/mol. The van der Waals surface area contributed by atoms with Crippen LogP contribution in [-0.2, 0) is 15.8 Å². The normalized spacial score (nSPS) is 16.3. The molecule has 6 nitrogen and oxygen atoms in total. The number of carbonyl (C=O) groups is 2. The number of carboxylic acids is 1. The van der Waals surface area contributed by atoms with Crippen LogP contribution in [0, 0.1) is 11.3 Å². The Hall–Kier alpha value is -2.67. The number of nitriles is 1. The number of anilines is 1. The molecule has 1 heterocycles. The molecule has 10 heteroatoms. The Morgan fingerprint density at radius 2 is 1.93 bits per heavy atom. The van der Waals surface area contributed by atoms with E-state index >= 15 is 0 Å². The highest BCUT2D eigenvalue weighted by molar-refractivity contribution is 7.80. The van der Waals surface area contributed by atoms with E-state index in [1.807, 2.05) is 0 Å². The number of hydrogen-bond donors (Lipinski definition) is 1. The van der Waals surface area contributed by atoms with E-state index in [2.05, 4.69) is 0 Å². The lowest BCUT2D eigenvalue weighted by molar-refractivity contribution is -0.138. The largest absolute Gasteiger partial charge is 0.481 e. The van der Waals surface area contributed by atoms with Crippen molar-refractivity contribution in [2.24, 2.45) is 0 Å². The minimum Gasteiger partial charge on any atom is -0.481 e. The number of carbonyl (C=O) groups excluding carboxylic acids is 1. The summed E-state index contributed by atoms with van der Waals surface area (Å²) in [5.74, 6) is -1.35. The SMILES string of the molecule is CC1(C)C(=O)N(c2ccc(C#N)c(C(F)(F)F)c2)C(=S)N1CCCCCC(=O)O. The fourth-order valence-electron chi connectivity index (χ4n) is 3.16. The zero-order valence-electron chi connectivity index (χ0n) is 15.9. The lowest BCUT2D eigenvalue weighted by atomic mass is 10.0. The van der Waals surface area contributed by atoms with Gasteiger partial charge >= 0.3 is 12.1 Å². The van der Waals surface area contributed by atoms with Crippen LogP contribution in [0.1, 0.15) is 50.7 Å². The van der Waals surface area contributed by atoms with Crippen LogP contribution in [0.3, 0.4) is 0 Å². The molecule has 0 spiro atoms. The molecule has 1 aromatic carbocycles. The zero-order valence-corrected chi connectivity index (χ0v) is 16.7. The number of aliphatic carboxylic acids is 1. The monoisotopic (exact) mass is 427 g/mol. The second-order valence-corrected chi connectivity index (χ2v) is 7.54. The van der Waals surface area contributed by atoms with Crippen molar-refractivity contribution in [2.75, 3.05) is 11.4 Å². The van der Waals surface area contributed by atoms with Gasteiger partial charge in [0.05, 0.1) is 22.9 Å². The lowest BCUT2D eigenvalue weighted by Crippen LogP contribution is -2.44. The number of carboxylic acid groups (broad SMARTS) is 1. The minimum absolute atomic E-state index is 0.0460. The summed E-state index contributed by atoms with van der Waals surface area (Å²) >= 11 is 5.38. The van der Waals surface area contributed by atoms with Crippen LogP contribution < -0.4 is 4.90 Å². The van der Waals surface area contributed by atoms with Crippen molar-refractivity contribution in [3.63, 3.8) is 0 Å². The molecule has 1 fully saturated rings. The highest BCUT2D eigenvalue weighted by Gasteiger charge is 2.49. The molecule has 156 valence electrons. The molecule has 1 saturated heterocycles. The summed E-state index contributed by atoms with van der Waals surface area (Å²) in [5, 5.41) is 17.7. The van der Waals surface area contributed by atoms with Crippen molar-refractivity contribution >= 4 is 34.9 Å².